The van der Waals surface area contributed by atoms with Crippen LogP contribution >= 0.6 is 0 Å². The molecule has 0 saturated heterocycles. The molecule has 11 nitrogen and oxygen atoms in total. The number of nitrogens with zero attached hydrogens (tertiary/aromatic N) is 4. The summed E-state index contributed by atoms with van der Waals surface area (Å²) in [6, 6.07) is 2.39. The first kappa shape index (κ1) is 39.1. The summed E-state index contributed by atoms with van der Waals surface area (Å²) >= 11 is 0. The molecule has 51 heavy (non-hydrogen) atoms. The van der Waals surface area contributed by atoms with Gasteiger partial charge in [-0.15, -0.1) is 0 Å². The number of ether oxygens (including phenoxy) is 2. The standard InChI is InChI=1S/C31H30F9N5O6/c1-2-28(41)14-19(25-21(4-5-23(44-25)31(38,39)40)45(28)27(49)51-9-6-24(47)48)26-42-15-22(50-8-3-7-46)20(43-26)12-16-10-17(29(32,33)34)13-18(11-16)30(35,36)37/h4-5,10-11,13,15,19,46H,2-3,6-9,12,14,41H2,1H3,(H,47,48)/t19-,28+/m0/s1. The predicted octanol–water partition coefficient (Wildman–Crippen LogP) is 6.30. The van der Waals surface area contributed by atoms with Crippen LogP contribution in [0, 0.1) is 0 Å². The molecule has 0 fully saturated rings. The zero-order chi connectivity index (χ0) is 37.9. The molecule has 0 bridgehead atoms. The van der Waals surface area contributed by atoms with Gasteiger partial charge in [0.2, 0.25) is 0 Å². The fourth-order valence-corrected chi connectivity index (χ4v) is 5.34. The van der Waals surface area contributed by atoms with Crippen molar-refractivity contribution >= 4 is 17.7 Å². The summed E-state index contributed by atoms with van der Waals surface area (Å²) < 4.78 is 134. The number of halogens is 9. The minimum absolute atomic E-state index is 0.0551. The zero-order valence-electron chi connectivity index (χ0n) is 26.5. The number of fused-ring (bicyclic) bond motifs is 1. The van der Waals surface area contributed by atoms with E-state index in [0.717, 1.165) is 17.2 Å². The molecule has 1 amide bonds. The van der Waals surface area contributed by atoms with Crippen molar-refractivity contribution in [1.82, 2.24) is 15.0 Å². The van der Waals surface area contributed by atoms with Gasteiger partial charge in [-0.2, -0.15) is 39.5 Å². The highest BCUT2D eigenvalue weighted by Gasteiger charge is 2.48. The molecule has 2 aromatic heterocycles. The third kappa shape index (κ3) is 9.15. The van der Waals surface area contributed by atoms with E-state index in [4.69, 9.17) is 25.4 Å². The first-order valence-corrected chi connectivity index (χ1v) is 15.1. The number of alkyl halides is 9. The quantitative estimate of drug-likeness (QED) is 0.150. The molecule has 1 aromatic carbocycles. The highest BCUT2D eigenvalue weighted by Crippen LogP contribution is 2.46. The van der Waals surface area contributed by atoms with Crippen molar-refractivity contribution in [3.05, 3.63) is 76.1 Å². The molecule has 278 valence electrons. The number of carboxylic acid groups (broad SMARTS) is 1. The van der Waals surface area contributed by atoms with Crippen molar-refractivity contribution in [2.24, 2.45) is 5.73 Å². The molecular weight excluding hydrogens is 709 g/mol. The summed E-state index contributed by atoms with van der Waals surface area (Å²) in [6.45, 7) is 0.417. The maximum Gasteiger partial charge on any atom is 0.433 e. The predicted molar refractivity (Wildman–Crippen MR) is 157 cm³/mol. The van der Waals surface area contributed by atoms with Crippen LogP contribution in [0.5, 0.6) is 5.75 Å². The number of hydrogen-bond acceptors (Lipinski definition) is 9. The van der Waals surface area contributed by atoms with Gasteiger partial charge in [-0.1, -0.05) is 6.92 Å². The van der Waals surface area contributed by atoms with Gasteiger partial charge in [0.1, 0.15) is 23.8 Å². The number of carbonyl (C=O) groups is 2. The van der Waals surface area contributed by atoms with E-state index in [-0.39, 0.29) is 55.1 Å². The summed E-state index contributed by atoms with van der Waals surface area (Å²) in [5.41, 5.74) is -1.13. The van der Waals surface area contributed by atoms with Gasteiger partial charge in [-0.3, -0.25) is 9.69 Å². The van der Waals surface area contributed by atoms with Crippen molar-refractivity contribution in [2.75, 3.05) is 24.7 Å². The Morgan fingerprint density at radius 2 is 1.63 bits per heavy atom. The van der Waals surface area contributed by atoms with E-state index in [1.54, 1.807) is 0 Å². The van der Waals surface area contributed by atoms with Gasteiger partial charge >= 0.3 is 30.6 Å². The molecule has 1 aliphatic rings. The monoisotopic (exact) mass is 739 g/mol. The van der Waals surface area contributed by atoms with Crippen LogP contribution in [-0.4, -0.2) is 62.7 Å². The number of carbonyl (C=O) groups excluding carboxylic acids is 1. The van der Waals surface area contributed by atoms with Crippen LogP contribution in [0.15, 0.2) is 36.5 Å². The average molecular weight is 740 g/mol. The van der Waals surface area contributed by atoms with Crippen LogP contribution in [-0.2, 0) is 34.5 Å². The molecule has 4 N–H and O–H groups in total. The molecule has 0 radical (unpaired) electrons. The smallest absolute Gasteiger partial charge is 0.433 e. The maximum absolute atomic E-state index is 13.9. The Bertz CT molecular complexity index is 1720. The van der Waals surface area contributed by atoms with Crippen LogP contribution in [0.25, 0.3) is 0 Å². The fraction of sp³-hybridized carbons (Fsp3) is 0.452. The van der Waals surface area contributed by atoms with Crippen LogP contribution in [0.3, 0.4) is 0 Å². The maximum atomic E-state index is 13.9. The zero-order valence-corrected chi connectivity index (χ0v) is 26.5. The number of amides is 1. The lowest BCUT2D eigenvalue weighted by atomic mass is 9.83. The number of pyridine rings is 1. The Balaban J connectivity index is 1.89. The molecule has 2 atom stereocenters. The van der Waals surface area contributed by atoms with E-state index < -0.39 is 96.1 Å². The SMILES string of the molecule is CC[C@]1(N)C[C@H](c2ncc(OCCCO)c(Cc3cc(C(F)(F)F)cc(C(F)(F)F)c3)n2)c2nc(C(F)(F)F)ccc2N1C(=O)OCCC(=O)O. The first-order valence-electron chi connectivity index (χ1n) is 15.1. The van der Waals surface area contributed by atoms with E-state index in [2.05, 4.69) is 15.0 Å². The number of aliphatic carboxylic acids is 1. The van der Waals surface area contributed by atoms with Gasteiger partial charge in [0.25, 0.3) is 0 Å². The highest BCUT2D eigenvalue weighted by atomic mass is 19.4. The largest absolute Gasteiger partial charge is 0.490 e. The topological polar surface area (TPSA) is 161 Å². The Morgan fingerprint density at radius 1 is 0.980 bits per heavy atom. The lowest BCUT2D eigenvalue weighted by Crippen LogP contribution is -2.62. The Morgan fingerprint density at radius 3 is 2.18 bits per heavy atom. The summed E-state index contributed by atoms with van der Waals surface area (Å²) in [5, 5.41) is 18.1. The van der Waals surface area contributed by atoms with Crippen molar-refractivity contribution < 1.29 is 68.8 Å². The van der Waals surface area contributed by atoms with Gasteiger partial charge < -0.3 is 25.4 Å². The van der Waals surface area contributed by atoms with E-state index in [1.165, 1.54) is 6.92 Å². The summed E-state index contributed by atoms with van der Waals surface area (Å²) in [7, 11) is 0. The van der Waals surface area contributed by atoms with Gasteiger partial charge in [0.15, 0.2) is 5.75 Å². The number of benzene rings is 1. The number of rotatable bonds is 11. The number of aliphatic hydroxyl groups is 1. The van der Waals surface area contributed by atoms with E-state index in [1.807, 2.05) is 0 Å². The summed E-state index contributed by atoms with van der Waals surface area (Å²) in [4.78, 5) is 37.3. The Hall–Kier alpha value is -4.72. The minimum Gasteiger partial charge on any atom is -0.490 e. The van der Waals surface area contributed by atoms with Crippen molar-refractivity contribution in [1.29, 1.82) is 0 Å². The third-order valence-corrected chi connectivity index (χ3v) is 7.84. The van der Waals surface area contributed by atoms with Crippen LogP contribution in [0.2, 0.25) is 0 Å². The van der Waals surface area contributed by atoms with Gasteiger partial charge in [-0.25, -0.2) is 19.7 Å². The van der Waals surface area contributed by atoms with Crippen LogP contribution in [0.4, 0.5) is 50.0 Å². The fourth-order valence-electron chi connectivity index (χ4n) is 5.34. The number of aromatic nitrogens is 3. The Kier molecular flexibility index (Phi) is 11.4. The summed E-state index contributed by atoms with van der Waals surface area (Å²) in [5.74, 6) is -3.15. The second-order valence-corrected chi connectivity index (χ2v) is 11.5. The molecule has 0 unspecified atom stereocenters. The Labute approximate surface area is 283 Å². The van der Waals surface area contributed by atoms with Gasteiger partial charge in [0, 0.05) is 19.4 Å². The van der Waals surface area contributed by atoms with E-state index in [0.29, 0.717) is 18.2 Å². The molecular formula is C31H30F9N5O6. The molecule has 1 aliphatic heterocycles. The minimum atomic E-state index is -5.16. The lowest BCUT2D eigenvalue weighted by molar-refractivity contribution is -0.143. The second-order valence-electron chi connectivity index (χ2n) is 11.5. The first-order chi connectivity index (χ1) is 23.7. The molecule has 0 spiro atoms. The third-order valence-electron chi connectivity index (χ3n) is 7.84. The average Bonchev–Trinajstić information content (AvgIpc) is 3.03. The lowest BCUT2D eigenvalue weighted by Gasteiger charge is -2.46. The van der Waals surface area contributed by atoms with Crippen LogP contribution in [0.1, 0.15) is 78.1 Å². The molecule has 20 heteroatoms. The molecule has 4 rings (SSSR count). The van der Waals surface area contributed by atoms with Gasteiger partial charge in [0.05, 0.1) is 53.3 Å². The summed E-state index contributed by atoms with van der Waals surface area (Å²) in [6.07, 6.45) is -17.2. The van der Waals surface area contributed by atoms with Crippen molar-refractivity contribution in [2.45, 2.75) is 69.1 Å². The number of carboxylic acids is 1. The number of aliphatic hydroxyl groups excluding tert-OH is 1. The van der Waals surface area contributed by atoms with Crippen LogP contribution < -0.4 is 15.4 Å². The molecule has 0 saturated carbocycles. The number of nitrogens with two attached hydrogens (primary N) is 1. The van der Waals surface area contributed by atoms with E-state index >= 15 is 0 Å². The molecule has 3 aromatic rings. The normalized spacial score (nSPS) is 18.0. The van der Waals surface area contributed by atoms with Gasteiger partial charge in [-0.05, 0) is 48.7 Å². The number of hydrogen-bond donors (Lipinski definition) is 3. The van der Waals surface area contributed by atoms with E-state index in [9.17, 15) is 49.1 Å². The van der Waals surface area contributed by atoms with Crippen molar-refractivity contribution in [3.63, 3.8) is 0 Å². The number of anilines is 1. The van der Waals surface area contributed by atoms with Crippen molar-refractivity contribution in [3.8, 4) is 5.75 Å². The highest BCUT2D eigenvalue weighted by molar-refractivity contribution is 5.91. The molecule has 0 aliphatic carbocycles. The second kappa shape index (κ2) is 14.9. The molecule has 3 heterocycles.